The van der Waals surface area contributed by atoms with Gasteiger partial charge in [-0.05, 0) is 34.4 Å². The van der Waals surface area contributed by atoms with Crippen molar-refractivity contribution in [2.75, 3.05) is 0 Å². The fourth-order valence-corrected chi connectivity index (χ4v) is 3.34. The molecule has 0 aliphatic carbocycles. The Balaban J connectivity index is 1.97. The highest BCUT2D eigenvalue weighted by atomic mass is 79.9. The summed E-state index contributed by atoms with van der Waals surface area (Å²) in [6.07, 6.45) is 4.32. The summed E-state index contributed by atoms with van der Waals surface area (Å²) >= 11 is 9.99. The van der Waals surface area contributed by atoms with Crippen molar-refractivity contribution in [3.05, 3.63) is 77.1 Å². The number of alkyl halides is 1. The van der Waals surface area contributed by atoms with Gasteiger partial charge in [0.15, 0.2) is 0 Å². The van der Waals surface area contributed by atoms with Crippen LogP contribution in [0.25, 0.3) is 10.8 Å². The molecule has 0 saturated carbocycles. The van der Waals surface area contributed by atoms with Crippen LogP contribution in [0.1, 0.15) is 16.0 Å². The van der Waals surface area contributed by atoms with E-state index in [1.165, 1.54) is 16.3 Å². The third kappa shape index (κ3) is 2.72. The van der Waals surface area contributed by atoms with Gasteiger partial charge in [-0.15, -0.1) is 0 Å². The Labute approximate surface area is 131 Å². The number of pyridine rings is 1. The van der Waals surface area contributed by atoms with Crippen molar-refractivity contribution >= 4 is 38.3 Å². The first-order chi connectivity index (χ1) is 9.75. The summed E-state index contributed by atoms with van der Waals surface area (Å²) in [5.41, 5.74) is 2.40. The minimum atomic E-state index is 0.230. The molecule has 3 rings (SSSR count). The van der Waals surface area contributed by atoms with Gasteiger partial charge in [-0.1, -0.05) is 70.0 Å². The molecule has 0 saturated heterocycles. The smallest absolute Gasteiger partial charge is 0.0621 e. The van der Waals surface area contributed by atoms with E-state index < -0.39 is 0 Å². The summed E-state index contributed by atoms with van der Waals surface area (Å²) in [4.78, 5) is 4.26. The zero-order valence-electron chi connectivity index (χ0n) is 10.8. The molecule has 1 aromatic heterocycles. The zero-order valence-corrected chi connectivity index (χ0v) is 13.1. The summed E-state index contributed by atoms with van der Waals surface area (Å²) in [6.45, 7) is 0. The van der Waals surface area contributed by atoms with Crippen LogP contribution in [0.3, 0.4) is 0 Å². The van der Waals surface area contributed by atoms with Gasteiger partial charge in [0.05, 0.1) is 5.02 Å². The average molecular weight is 347 g/mol. The number of fused-ring (bicyclic) bond motifs is 1. The molecule has 0 amide bonds. The first-order valence-electron chi connectivity index (χ1n) is 6.46. The molecule has 2 aromatic carbocycles. The number of hydrogen-bond acceptors (Lipinski definition) is 1. The van der Waals surface area contributed by atoms with Crippen molar-refractivity contribution < 1.29 is 0 Å². The highest BCUT2D eigenvalue weighted by Crippen LogP contribution is 2.33. The summed E-state index contributed by atoms with van der Waals surface area (Å²) in [5, 5.41) is 3.26. The average Bonchev–Trinajstić information content (AvgIpc) is 2.49. The van der Waals surface area contributed by atoms with Crippen LogP contribution in [-0.4, -0.2) is 4.98 Å². The van der Waals surface area contributed by atoms with Crippen molar-refractivity contribution in [3.63, 3.8) is 0 Å². The first-order valence-corrected chi connectivity index (χ1v) is 7.75. The van der Waals surface area contributed by atoms with Crippen LogP contribution < -0.4 is 0 Å². The Kier molecular flexibility index (Phi) is 4.04. The molecule has 3 aromatic rings. The minimum absolute atomic E-state index is 0.230. The van der Waals surface area contributed by atoms with E-state index >= 15 is 0 Å². The first kappa shape index (κ1) is 13.6. The van der Waals surface area contributed by atoms with E-state index in [1.54, 1.807) is 12.4 Å². The number of rotatable bonds is 3. The maximum Gasteiger partial charge on any atom is 0.0621 e. The Morgan fingerprint density at radius 1 is 1.05 bits per heavy atom. The molecule has 1 unspecified atom stereocenters. The van der Waals surface area contributed by atoms with Crippen LogP contribution >= 0.6 is 27.5 Å². The lowest BCUT2D eigenvalue weighted by molar-refractivity contribution is 0.953. The van der Waals surface area contributed by atoms with Gasteiger partial charge >= 0.3 is 0 Å². The molecule has 0 fully saturated rings. The van der Waals surface area contributed by atoms with Crippen LogP contribution in [0.15, 0.2) is 60.9 Å². The van der Waals surface area contributed by atoms with Gasteiger partial charge in [0, 0.05) is 17.2 Å². The molecule has 20 heavy (non-hydrogen) atoms. The third-order valence-corrected chi connectivity index (χ3v) is 4.57. The van der Waals surface area contributed by atoms with E-state index in [0.29, 0.717) is 0 Å². The maximum absolute atomic E-state index is 6.19. The number of nitrogens with zero attached hydrogens (tertiary/aromatic N) is 1. The van der Waals surface area contributed by atoms with Crippen LogP contribution in [-0.2, 0) is 6.42 Å². The van der Waals surface area contributed by atoms with Gasteiger partial charge < -0.3 is 0 Å². The highest BCUT2D eigenvalue weighted by molar-refractivity contribution is 9.09. The lowest BCUT2D eigenvalue weighted by atomic mass is 9.99. The Hall–Kier alpha value is -1.38. The fourth-order valence-electron chi connectivity index (χ4n) is 2.40. The van der Waals surface area contributed by atoms with E-state index in [2.05, 4.69) is 63.4 Å². The topological polar surface area (TPSA) is 12.9 Å². The predicted molar refractivity (Wildman–Crippen MR) is 88.6 cm³/mol. The zero-order chi connectivity index (χ0) is 13.9. The SMILES string of the molecule is Clc1cnccc1CC(Br)c1cccc2ccccc12. The van der Waals surface area contributed by atoms with Crippen molar-refractivity contribution in [2.24, 2.45) is 0 Å². The second-order valence-corrected chi connectivity index (χ2v) is 6.22. The van der Waals surface area contributed by atoms with E-state index in [9.17, 15) is 0 Å². The molecule has 0 aliphatic heterocycles. The molecule has 1 atom stereocenters. The molecule has 100 valence electrons. The second-order valence-electron chi connectivity index (χ2n) is 4.71. The van der Waals surface area contributed by atoms with Crippen molar-refractivity contribution in [1.29, 1.82) is 0 Å². The molecule has 0 bridgehead atoms. The molecule has 0 spiro atoms. The monoisotopic (exact) mass is 345 g/mol. The van der Waals surface area contributed by atoms with Crippen LogP contribution in [0.5, 0.6) is 0 Å². The van der Waals surface area contributed by atoms with Gasteiger partial charge in [0.1, 0.15) is 0 Å². The largest absolute Gasteiger partial charge is 0.263 e. The molecule has 1 nitrogen and oxygen atoms in total. The molecule has 1 heterocycles. The van der Waals surface area contributed by atoms with Crippen LogP contribution in [0, 0.1) is 0 Å². The number of hydrogen-bond donors (Lipinski definition) is 0. The van der Waals surface area contributed by atoms with Crippen molar-refractivity contribution in [1.82, 2.24) is 4.98 Å². The van der Waals surface area contributed by atoms with Gasteiger partial charge in [0.2, 0.25) is 0 Å². The number of aromatic nitrogens is 1. The van der Waals surface area contributed by atoms with Crippen molar-refractivity contribution in [3.8, 4) is 0 Å². The standard InChI is InChI=1S/C17H13BrClN/c18-16(10-13-8-9-20-11-17(13)19)15-7-3-5-12-4-1-2-6-14(12)15/h1-9,11,16H,10H2. The summed E-state index contributed by atoms with van der Waals surface area (Å²) in [6, 6.07) is 16.8. The summed E-state index contributed by atoms with van der Waals surface area (Å²) in [5.74, 6) is 0. The lowest BCUT2D eigenvalue weighted by Gasteiger charge is -2.14. The molecule has 0 N–H and O–H groups in total. The number of halogens is 2. The molecule has 0 aliphatic rings. The van der Waals surface area contributed by atoms with E-state index in [-0.39, 0.29) is 4.83 Å². The molecule has 0 radical (unpaired) electrons. The predicted octanol–water partition coefficient (Wildman–Crippen LogP) is 5.57. The minimum Gasteiger partial charge on any atom is -0.263 e. The second kappa shape index (κ2) is 5.94. The highest BCUT2D eigenvalue weighted by Gasteiger charge is 2.13. The Morgan fingerprint density at radius 3 is 2.70 bits per heavy atom. The van der Waals surface area contributed by atoms with Crippen LogP contribution in [0.2, 0.25) is 5.02 Å². The maximum atomic E-state index is 6.19. The van der Waals surface area contributed by atoms with Gasteiger partial charge in [-0.2, -0.15) is 0 Å². The van der Waals surface area contributed by atoms with E-state index in [0.717, 1.165) is 17.0 Å². The Morgan fingerprint density at radius 2 is 1.85 bits per heavy atom. The van der Waals surface area contributed by atoms with Crippen molar-refractivity contribution in [2.45, 2.75) is 11.2 Å². The molecular formula is C17H13BrClN. The summed E-state index contributed by atoms with van der Waals surface area (Å²) in [7, 11) is 0. The van der Waals surface area contributed by atoms with Gasteiger partial charge in [-0.3, -0.25) is 4.98 Å². The summed E-state index contributed by atoms with van der Waals surface area (Å²) < 4.78 is 0. The van der Waals surface area contributed by atoms with E-state index in [4.69, 9.17) is 11.6 Å². The molecule has 3 heteroatoms. The quantitative estimate of drug-likeness (QED) is 0.565. The Bertz CT molecular complexity index is 736. The fraction of sp³-hybridized carbons (Fsp3) is 0.118. The van der Waals surface area contributed by atoms with Crippen LogP contribution in [0.4, 0.5) is 0 Å². The van der Waals surface area contributed by atoms with E-state index in [1.807, 2.05) is 6.07 Å². The normalized spacial score (nSPS) is 12.5. The van der Waals surface area contributed by atoms with Gasteiger partial charge in [0.25, 0.3) is 0 Å². The third-order valence-electron chi connectivity index (χ3n) is 3.42. The lowest BCUT2D eigenvalue weighted by Crippen LogP contribution is -1.97. The number of benzene rings is 2. The van der Waals surface area contributed by atoms with Gasteiger partial charge in [-0.25, -0.2) is 0 Å². The molecular weight excluding hydrogens is 334 g/mol.